The minimum absolute atomic E-state index is 0.140. The number of hydrogen-bond acceptors (Lipinski definition) is 5. The molecule has 0 saturated carbocycles. The van der Waals surface area contributed by atoms with Crippen LogP contribution in [0.5, 0.6) is 0 Å². The summed E-state index contributed by atoms with van der Waals surface area (Å²) in [7, 11) is 0. The van der Waals surface area contributed by atoms with Crippen LogP contribution >= 0.6 is 0 Å². The highest BCUT2D eigenvalue weighted by Gasteiger charge is 2.38. The van der Waals surface area contributed by atoms with Crippen molar-refractivity contribution in [2.24, 2.45) is 5.73 Å². The fourth-order valence-corrected chi connectivity index (χ4v) is 3.67. The molecule has 0 aromatic heterocycles. The lowest BCUT2D eigenvalue weighted by Gasteiger charge is -2.29. The van der Waals surface area contributed by atoms with Gasteiger partial charge < -0.3 is 16.0 Å². The van der Waals surface area contributed by atoms with Gasteiger partial charge in [-0.1, -0.05) is 12.1 Å². The third-order valence-electron chi connectivity index (χ3n) is 4.97. The molecule has 2 aliphatic heterocycles. The molecule has 0 bridgehead atoms. The summed E-state index contributed by atoms with van der Waals surface area (Å²) < 4.78 is 0. The van der Waals surface area contributed by atoms with Gasteiger partial charge in [0.25, 0.3) is 5.91 Å². The lowest BCUT2D eigenvalue weighted by molar-refractivity contribution is -0.136. The Morgan fingerprint density at radius 3 is 2.77 bits per heavy atom. The van der Waals surface area contributed by atoms with Crippen molar-refractivity contribution in [3.05, 3.63) is 34.9 Å². The first-order chi connectivity index (χ1) is 12.3. The molecule has 1 unspecified atom stereocenters. The van der Waals surface area contributed by atoms with Crippen molar-refractivity contribution in [3.63, 3.8) is 0 Å². The van der Waals surface area contributed by atoms with E-state index in [2.05, 4.69) is 17.6 Å². The Balaban J connectivity index is 1.66. The number of nitrogens with one attached hydrogen (secondary N) is 2. The molecule has 1 aromatic carbocycles. The van der Waals surface area contributed by atoms with Crippen molar-refractivity contribution >= 4 is 17.7 Å². The third kappa shape index (κ3) is 3.94. The lowest BCUT2D eigenvalue weighted by Crippen LogP contribution is -2.52. The zero-order valence-electron chi connectivity index (χ0n) is 15.2. The highest BCUT2D eigenvalue weighted by molar-refractivity contribution is 6.05. The van der Waals surface area contributed by atoms with Crippen LogP contribution in [0.25, 0.3) is 0 Å². The van der Waals surface area contributed by atoms with Crippen molar-refractivity contribution in [2.75, 3.05) is 0 Å². The number of benzene rings is 1. The number of carbonyl (C=O) groups excluding carboxylic acids is 3. The maximum absolute atomic E-state index is 12.7. The topological polar surface area (TPSA) is 105 Å². The molecule has 2 heterocycles. The highest BCUT2D eigenvalue weighted by Crippen LogP contribution is 2.28. The minimum atomic E-state index is -0.569. The first kappa shape index (κ1) is 18.5. The zero-order valence-corrected chi connectivity index (χ0v) is 15.2. The molecule has 0 spiro atoms. The van der Waals surface area contributed by atoms with Crippen LogP contribution in [0, 0.1) is 0 Å². The molecule has 4 N–H and O–H groups in total. The monoisotopic (exact) mass is 358 g/mol. The summed E-state index contributed by atoms with van der Waals surface area (Å²) in [5, 5.41) is 5.76. The van der Waals surface area contributed by atoms with E-state index in [0.29, 0.717) is 31.1 Å². The molecule has 3 atom stereocenters. The largest absolute Gasteiger partial charge is 0.328 e. The average Bonchev–Trinajstić information content (AvgIpc) is 2.88. The van der Waals surface area contributed by atoms with Crippen molar-refractivity contribution in [1.82, 2.24) is 15.5 Å². The van der Waals surface area contributed by atoms with Crippen molar-refractivity contribution in [2.45, 2.75) is 64.3 Å². The van der Waals surface area contributed by atoms with Crippen LogP contribution < -0.4 is 16.4 Å². The first-order valence-electron chi connectivity index (χ1n) is 9.10. The normalized spacial score (nSPS) is 22.2. The number of hydrogen-bond donors (Lipinski definition) is 3. The second-order valence-electron chi connectivity index (χ2n) is 7.39. The Kier molecular flexibility index (Phi) is 5.38. The van der Waals surface area contributed by atoms with Gasteiger partial charge in [-0.25, -0.2) is 0 Å². The number of nitrogens with zero attached hydrogens (tertiary/aromatic N) is 1. The molecule has 140 valence electrons. The van der Waals surface area contributed by atoms with E-state index in [-0.39, 0.29) is 30.2 Å². The second-order valence-corrected chi connectivity index (χ2v) is 7.39. The minimum Gasteiger partial charge on any atom is -0.328 e. The van der Waals surface area contributed by atoms with Gasteiger partial charge in [0, 0.05) is 37.2 Å². The maximum Gasteiger partial charge on any atom is 0.255 e. The molecule has 0 radical (unpaired) electrons. The van der Waals surface area contributed by atoms with E-state index in [0.717, 1.165) is 17.5 Å². The van der Waals surface area contributed by atoms with Gasteiger partial charge in [-0.15, -0.1) is 0 Å². The predicted molar refractivity (Wildman–Crippen MR) is 97.1 cm³/mol. The Hall–Kier alpha value is -2.25. The van der Waals surface area contributed by atoms with Crippen LogP contribution in [-0.4, -0.2) is 40.7 Å². The number of imide groups is 1. The average molecular weight is 358 g/mol. The molecule has 7 nitrogen and oxygen atoms in total. The van der Waals surface area contributed by atoms with E-state index in [4.69, 9.17) is 5.73 Å². The number of carbonyl (C=O) groups is 3. The van der Waals surface area contributed by atoms with Crippen LogP contribution in [0.1, 0.15) is 54.6 Å². The molecule has 1 aromatic rings. The summed E-state index contributed by atoms with van der Waals surface area (Å²) in [6, 6.07) is 5.68. The van der Waals surface area contributed by atoms with Crippen LogP contribution in [0.4, 0.5) is 0 Å². The van der Waals surface area contributed by atoms with E-state index in [1.54, 1.807) is 4.90 Å². The van der Waals surface area contributed by atoms with Gasteiger partial charge in [-0.2, -0.15) is 0 Å². The number of rotatable bonds is 6. The molecule has 0 aliphatic carbocycles. The quantitative estimate of drug-likeness (QED) is 0.648. The second kappa shape index (κ2) is 7.55. The summed E-state index contributed by atoms with van der Waals surface area (Å²) in [5.41, 5.74) is 8.49. The van der Waals surface area contributed by atoms with Crippen LogP contribution in [0.3, 0.4) is 0 Å². The summed E-state index contributed by atoms with van der Waals surface area (Å²) in [6.07, 6.45) is 1.55. The highest BCUT2D eigenvalue weighted by atomic mass is 16.2. The molecule has 7 heteroatoms. The Morgan fingerprint density at radius 2 is 2.08 bits per heavy atom. The van der Waals surface area contributed by atoms with E-state index >= 15 is 0 Å². The lowest BCUT2D eigenvalue weighted by atomic mass is 10.0. The molecule has 1 saturated heterocycles. The summed E-state index contributed by atoms with van der Waals surface area (Å²) in [5.74, 6) is -0.793. The van der Waals surface area contributed by atoms with E-state index < -0.39 is 6.04 Å². The van der Waals surface area contributed by atoms with Gasteiger partial charge >= 0.3 is 0 Å². The number of fused-ring (bicyclic) bond motifs is 1. The summed E-state index contributed by atoms with van der Waals surface area (Å²) in [6.45, 7) is 5.20. The number of nitrogens with two attached hydrogens (primary N) is 1. The number of piperidine rings is 1. The SMILES string of the molecule is C[C@H](C[C@@H](C)N)NCc1ccc2c(c1)CN(C1CCC(=O)NC1=O)C2=O. The summed E-state index contributed by atoms with van der Waals surface area (Å²) >= 11 is 0. The molecular weight excluding hydrogens is 332 g/mol. The van der Waals surface area contributed by atoms with Crippen LogP contribution in [0.2, 0.25) is 0 Å². The Morgan fingerprint density at radius 1 is 1.31 bits per heavy atom. The van der Waals surface area contributed by atoms with Gasteiger partial charge in [0.2, 0.25) is 11.8 Å². The first-order valence-corrected chi connectivity index (χ1v) is 9.10. The van der Waals surface area contributed by atoms with Gasteiger partial charge in [0.15, 0.2) is 0 Å². The van der Waals surface area contributed by atoms with Gasteiger partial charge in [-0.3, -0.25) is 19.7 Å². The molecule has 1 fully saturated rings. The Labute approximate surface area is 153 Å². The fourth-order valence-electron chi connectivity index (χ4n) is 3.67. The third-order valence-corrected chi connectivity index (χ3v) is 4.97. The van der Waals surface area contributed by atoms with Crippen LogP contribution in [-0.2, 0) is 22.7 Å². The maximum atomic E-state index is 12.7. The molecule has 2 aliphatic rings. The predicted octanol–water partition coefficient (Wildman–Crippen LogP) is 0.663. The van der Waals surface area contributed by atoms with Gasteiger partial charge in [-0.05, 0) is 43.9 Å². The van der Waals surface area contributed by atoms with Crippen molar-refractivity contribution in [1.29, 1.82) is 0 Å². The van der Waals surface area contributed by atoms with E-state index in [9.17, 15) is 14.4 Å². The van der Waals surface area contributed by atoms with Crippen molar-refractivity contribution < 1.29 is 14.4 Å². The van der Waals surface area contributed by atoms with E-state index in [1.165, 1.54) is 0 Å². The van der Waals surface area contributed by atoms with Crippen molar-refractivity contribution in [3.8, 4) is 0 Å². The molecule has 26 heavy (non-hydrogen) atoms. The molecule has 3 rings (SSSR count). The van der Waals surface area contributed by atoms with Crippen LogP contribution in [0.15, 0.2) is 18.2 Å². The molecule has 3 amide bonds. The smallest absolute Gasteiger partial charge is 0.255 e. The zero-order chi connectivity index (χ0) is 18.8. The standard InChI is InChI=1S/C19H26N4O3/c1-11(20)7-12(2)21-9-13-3-4-15-14(8-13)10-23(19(15)26)16-5-6-17(24)22-18(16)25/h3-4,8,11-12,16,21H,5-7,9-10,20H2,1-2H3,(H,22,24,25)/t11-,12-,16?/m1/s1. The molecular formula is C19H26N4O3. The Bertz CT molecular complexity index is 731. The fraction of sp³-hybridized carbons (Fsp3) is 0.526. The van der Waals surface area contributed by atoms with E-state index in [1.807, 2.05) is 25.1 Å². The van der Waals surface area contributed by atoms with Gasteiger partial charge in [0.1, 0.15) is 6.04 Å². The van der Waals surface area contributed by atoms with Gasteiger partial charge in [0.05, 0.1) is 0 Å². The summed E-state index contributed by atoms with van der Waals surface area (Å²) in [4.78, 5) is 37.6. The number of amides is 3.